The minimum Gasteiger partial charge on any atom is -0.315 e. The molecule has 4 nitrogen and oxygen atoms in total. The summed E-state index contributed by atoms with van der Waals surface area (Å²) in [6, 6.07) is 8.42. The average molecular weight is 410 g/mol. The second kappa shape index (κ2) is 6.86. The Morgan fingerprint density at radius 2 is 1.74 bits per heavy atom. The summed E-state index contributed by atoms with van der Waals surface area (Å²) in [7, 11) is -5.58. The fourth-order valence-corrected chi connectivity index (χ4v) is 2.19. The van der Waals surface area contributed by atoms with Crippen molar-refractivity contribution in [2.75, 3.05) is 13.2 Å². The summed E-state index contributed by atoms with van der Waals surface area (Å²) < 4.78 is 66.8. The largest absolute Gasteiger partial charge is 0.523 e. The number of hydrogen-bond acceptors (Lipinski definition) is 4. The number of alkyl halides is 3. The molecular formula is C10H10F3IO4S. The van der Waals surface area contributed by atoms with Crippen LogP contribution in [0.1, 0.15) is 11.5 Å². The molecule has 0 aliphatic heterocycles. The molecule has 1 aromatic carbocycles. The zero-order valence-corrected chi connectivity index (χ0v) is 12.4. The van der Waals surface area contributed by atoms with Gasteiger partial charge in [-0.15, -0.1) is 0 Å². The molecule has 108 valence electrons. The molecule has 0 aliphatic rings. The van der Waals surface area contributed by atoms with Crippen LogP contribution in [0.5, 0.6) is 0 Å². The van der Waals surface area contributed by atoms with Crippen LogP contribution in [0.15, 0.2) is 30.3 Å². The Morgan fingerprint density at radius 1 is 1.16 bits per heavy atom. The lowest BCUT2D eigenvalue weighted by molar-refractivity contribution is -0.0546. The standard InChI is InChI=1S/C10H10F3IO4S/c11-10(12,13)19(15,16)18-7-9(6-17-14)8-4-2-1-3-5-8/h1-5,9H,6-7H2. The molecule has 0 N–H and O–H groups in total. The van der Waals surface area contributed by atoms with Gasteiger partial charge in [-0.2, -0.15) is 21.6 Å². The van der Waals surface area contributed by atoms with Gasteiger partial charge in [-0.25, -0.2) is 0 Å². The van der Waals surface area contributed by atoms with Gasteiger partial charge in [-0.1, -0.05) is 30.3 Å². The van der Waals surface area contributed by atoms with E-state index in [1.807, 2.05) is 0 Å². The van der Waals surface area contributed by atoms with Crippen LogP contribution in [0.4, 0.5) is 13.2 Å². The molecule has 1 atom stereocenters. The summed E-state index contributed by atoms with van der Waals surface area (Å²) >= 11 is 1.58. The van der Waals surface area contributed by atoms with Crippen LogP contribution in [-0.4, -0.2) is 27.1 Å². The first-order valence-electron chi connectivity index (χ1n) is 5.02. The lowest BCUT2D eigenvalue weighted by Crippen LogP contribution is -2.28. The number of benzene rings is 1. The van der Waals surface area contributed by atoms with Crippen LogP contribution < -0.4 is 0 Å². The molecule has 9 heteroatoms. The summed E-state index contributed by atoms with van der Waals surface area (Å²) in [6.45, 7) is -0.590. The Hall–Kier alpha value is -0.390. The zero-order valence-electron chi connectivity index (χ0n) is 9.43. The first-order valence-corrected chi connectivity index (χ1v) is 7.31. The third-order valence-electron chi connectivity index (χ3n) is 2.24. The van der Waals surface area contributed by atoms with E-state index in [1.165, 1.54) is 0 Å². The van der Waals surface area contributed by atoms with E-state index in [9.17, 15) is 21.6 Å². The van der Waals surface area contributed by atoms with Gasteiger partial charge in [0, 0.05) is 5.92 Å². The van der Waals surface area contributed by atoms with Crippen molar-refractivity contribution in [3.8, 4) is 0 Å². The van der Waals surface area contributed by atoms with Crippen molar-refractivity contribution >= 4 is 33.1 Å². The van der Waals surface area contributed by atoms with Crippen LogP contribution in [0.2, 0.25) is 0 Å². The Kier molecular flexibility index (Phi) is 6.02. The normalized spacial score (nSPS) is 14.3. The van der Waals surface area contributed by atoms with Crippen molar-refractivity contribution in [2.45, 2.75) is 11.4 Å². The fourth-order valence-electron chi connectivity index (χ4n) is 1.28. The second-order valence-electron chi connectivity index (χ2n) is 3.57. The molecule has 0 heterocycles. The quantitative estimate of drug-likeness (QED) is 0.411. The third kappa shape index (κ3) is 4.89. The van der Waals surface area contributed by atoms with Crippen molar-refractivity contribution in [1.82, 2.24) is 0 Å². The fraction of sp³-hybridized carbons (Fsp3) is 0.400. The Bertz CT molecular complexity index is 489. The van der Waals surface area contributed by atoms with E-state index in [-0.39, 0.29) is 6.61 Å². The first kappa shape index (κ1) is 16.7. The molecule has 1 unspecified atom stereocenters. The monoisotopic (exact) mass is 410 g/mol. The van der Waals surface area contributed by atoms with E-state index in [4.69, 9.17) is 3.07 Å². The summed E-state index contributed by atoms with van der Waals surface area (Å²) in [5.41, 5.74) is -4.78. The van der Waals surface area contributed by atoms with Gasteiger partial charge in [-0.3, -0.25) is 4.18 Å². The molecule has 0 amide bonds. The van der Waals surface area contributed by atoms with Crippen molar-refractivity contribution in [3.05, 3.63) is 35.9 Å². The van der Waals surface area contributed by atoms with E-state index < -0.39 is 28.2 Å². The van der Waals surface area contributed by atoms with Gasteiger partial charge in [0.2, 0.25) is 0 Å². The maximum Gasteiger partial charge on any atom is 0.523 e. The minimum atomic E-state index is -5.58. The molecule has 0 spiro atoms. The number of rotatable bonds is 6. The van der Waals surface area contributed by atoms with E-state index >= 15 is 0 Å². The van der Waals surface area contributed by atoms with Gasteiger partial charge in [0.25, 0.3) is 0 Å². The van der Waals surface area contributed by atoms with E-state index in [1.54, 1.807) is 53.3 Å². The SMILES string of the molecule is O=S(=O)(OCC(COI)c1ccccc1)C(F)(F)F. The Balaban J connectivity index is 2.77. The Morgan fingerprint density at radius 3 is 2.21 bits per heavy atom. The average Bonchev–Trinajstić information content (AvgIpc) is 2.34. The van der Waals surface area contributed by atoms with Gasteiger partial charge >= 0.3 is 15.6 Å². The van der Waals surface area contributed by atoms with Crippen LogP contribution >= 0.6 is 23.0 Å². The first-order chi connectivity index (χ1) is 8.78. The van der Waals surface area contributed by atoms with Crippen molar-refractivity contribution < 1.29 is 28.8 Å². The molecule has 0 fully saturated rings. The smallest absolute Gasteiger partial charge is 0.315 e. The highest BCUT2D eigenvalue weighted by Gasteiger charge is 2.47. The van der Waals surface area contributed by atoms with E-state index in [2.05, 4.69) is 4.18 Å². The van der Waals surface area contributed by atoms with Gasteiger partial charge in [0.15, 0.2) is 0 Å². The van der Waals surface area contributed by atoms with E-state index in [0.717, 1.165) is 0 Å². The molecule has 1 aromatic rings. The second-order valence-corrected chi connectivity index (χ2v) is 5.80. The van der Waals surface area contributed by atoms with Crippen molar-refractivity contribution in [3.63, 3.8) is 0 Å². The molecule has 1 rings (SSSR count). The minimum absolute atomic E-state index is 0.0396. The highest BCUT2D eigenvalue weighted by atomic mass is 127. The van der Waals surface area contributed by atoms with Crippen LogP contribution in [-0.2, 0) is 17.4 Å². The van der Waals surface area contributed by atoms with Gasteiger partial charge < -0.3 is 3.07 Å². The summed E-state index contributed by atoms with van der Waals surface area (Å²) in [6.07, 6.45) is 0. The predicted molar refractivity (Wildman–Crippen MR) is 70.1 cm³/mol. The molecule has 0 aliphatic carbocycles. The molecule has 0 bridgehead atoms. The highest BCUT2D eigenvalue weighted by molar-refractivity contribution is 14.1. The summed E-state index contributed by atoms with van der Waals surface area (Å²) in [5.74, 6) is -0.602. The summed E-state index contributed by atoms with van der Waals surface area (Å²) in [5, 5.41) is 0. The lowest BCUT2D eigenvalue weighted by Gasteiger charge is -2.16. The van der Waals surface area contributed by atoms with Crippen molar-refractivity contribution in [2.24, 2.45) is 0 Å². The molecule has 0 aromatic heterocycles. The lowest BCUT2D eigenvalue weighted by atomic mass is 10.0. The highest BCUT2D eigenvalue weighted by Crippen LogP contribution is 2.26. The van der Waals surface area contributed by atoms with Crippen LogP contribution in [0.3, 0.4) is 0 Å². The predicted octanol–water partition coefficient (Wildman–Crippen LogP) is 3.00. The van der Waals surface area contributed by atoms with Crippen molar-refractivity contribution in [1.29, 1.82) is 0 Å². The molecule has 0 radical (unpaired) electrons. The zero-order chi connectivity index (χ0) is 14.5. The topological polar surface area (TPSA) is 52.6 Å². The van der Waals surface area contributed by atoms with Gasteiger partial charge in [0.05, 0.1) is 13.2 Å². The molecule has 19 heavy (non-hydrogen) atoms. The van der Waals surface area contributed by atoms with Gasteiger partial charge in [0.1, 0.15) is 23.0 Å². The molecule has 0 saturated carbocycles. The van der Waals surface area contributed by atoms with Gasteiger partial charge in [-0.05, 0) is 5.56 Å². The third-order valence-corrected chi connectivity index (χ3v) is 3.62. The summed E-state index contributed by atoms with van der Waals surface area (Å²) in [4.78, 5) is 0. The van der Waals surface area contributed by atoms with Crippen LogP contribution in [0, 0.1) is 0 Å². The Labute approximate surface area is 122 Å². The number of hydrogen-bond donors (Lipinski definition) is 0. The maximum atomic E-state index is 12.1. The molecule has 0 saturated heterocycles. The molecular weight excluding hydrogens is 400 g/mol. The van der Waals surface area contributed by atoms with E-state index in [0.29, 0.717) is 5.56 Å². The maximum absolute atomic E-state index is 12.1. The number of halogens is 4. The van der Waals surface area contributed by atoms with Crippen LogP contribution in [0.25, 0.3) is 0 Å².